The quantitative estimate of drug-likeness (QED) is 0.644. The van der Waals surface area contributed by atoms with Gasteiger partial charge in [0.1, 0.15) is 11.9 Å². The Morgan fingerprint density at radius 2 is 1.92 bits per heavy atom. The molecule has 0 spiro atoms. The number of rotatable bonds is 5. The molecule has 0 aliphatic carbocycles. The van der Waals surface area contributed by atoms with Crippen molar-refractivity contribution in [2.24, 2.45) is 5.92 Å². The second kappa shape index (κ2) is 4.75. The predicted molar refractivity (Wildman–Crippen MR) is 46.0 cm³/mol. The van der Waals surface area contributed by atoms with Crippen LogP contribution in [0.1, 0.15) is 26.7 Å². The summed E-state index contributed by atoms with van der Waals surface area (Å²) in [6.07, 6.45) is 0.349. The average molecular weight is 194 g/mol. The van der Waals surface area contributed by atoms with Crippen LogP contribution in [0.2, 0.25) is 0 Å². The third kappa shape index (κ3) is 7.92. The summed E-state index contributed by atoms with van der Waals surface area (Å²) < 4.78 is 10.4. The molecule has 0 heterocycles. The van der Waals surface area contributed by atoms with Gasteiger partial charge in [-0.3, -0.25) is 9.36 Å². The molecule has 4 nitrogen and oxygen atoms in total. The van der Waals surface area contributed by atoms with Crippen molar-refractivity contribution in [2.45, 2.75) is 26.7 Å². The molecule has 0 fully saturated rings. The highest BCUT2D eigenvalue weighted by molar-refractivity contribution is 7.52. The fraction of sp³-hybridized carbons (Fsp3) is 0.857. The number of hydrogen-bond acceptors (Lipinski definition) is 2. The number of hydrogen-bond donors (Lipinski definition) is 2. The Morgan fingerprint density at radius 1 is 1.42 bits per heavy atom. The zero-order chi connectivity index (χ0) is 9.78. The van der Waals surface area contributed by atoms with Gasteiger partial charge in [-0.05, 0) is 12.3 Å². The molecule has 0 aliphatic heterocycles. The maximum Gasteiger partial charge on any atom is 0.332 e. The lowest BCUT2D eigenvalue weighted by molar-refractivity contribution is -0.117. The molecule has 0 saturated carbocycles. The van der Waals surface area contributed by atoms with E-state index in [4.69, 9.17) is 9.79 Å². The molecular weight excluding hydrogens is 179 g/mol. The Balaban J connectivity index is 3.69. The van der Waals surface area contributed by atoms with Gasteiger partial charge in [0.05, 0.1) is 0 Å². The first-order valence-electron chi connectivity index (χ1n) is 3.87. The van der Waals surface area contributed by atoms with Crippen LogP contribution in [0.4, 0.5) is 0 Å². The molecule has 0 atom stereocenters. The number of carbonyl (C=O) groups excluding carboxylic acids is 1. The fourth-order valence-corrected chi connectivity index (χ4v) is 1.38. The molecule has 5 heteroatoms. The van der Waals surface area contributed by atoms with E-state index >= 15 is 0 Å². The van der Waals surface area contributed by atoms with E-state index in [1.807, 2.05) is 13.8 Å². The van der Waals surface area contributed by atoms with Crippen LogP contribution in [-0.4, -0.2) is 21.7 Å². The Kier molecular flexibility index (Phi) is 4.68. The number of ketones is 1. The van der Waals surface area contributed by atoms with Gasteiger partial charge < -0.3 is 9.79 Å². The maximum absolute atomic E-state index is 10.9. The maximum atomic E-state index is 10.9. The SMILES string of the molecule is CC(C)CCC(=O)CP(=O)(O)O. The second-order valence-corrected chi connectivity index (χ2v) is 4.94. The van der Waals surface area contributed by atoms with Crippen LogP contribution < -0.4 is 0 Å². The minimum atomic E-state index is -4.13. The van der Waals surface area contributed by atoms with Crippen LogP contribution in [0.15, 0.2) is 0 Å². The van der Waals surface area contributed by atoms with Crippen LogP contribution >= 0.6 is 7.60 Å². The first kappa shape index (κ1) is 11.8. The van der Waals surface area contributed by atoms with Crippen molar-refractivity contribution in [2.75, 3.05) is 6.16 Å². The van der Waals surface area contributed by atoms with E-state index in [-0.39, 0.29) is 12.2 Å². The monoisotopic (exact) mass is 194 g/mol. The van der Waals surface area contributed by atoms with E-state index in [1.54, 1.807) is 0 Å². The summed E-state index contributed by atoms with van der Waals surface area (Å²) in [6.45, 7) is 3.93. The van der Waals surface area contributed by atoms with E-state index in [9.17, 15) is 9.36 Å². The third-order valence-electron chi connectivity index (χ3n) is 1.38. The van der Waals surface area contributed by atoms with Crippen molar-refractivity contribution < 1.29 is 19.1 Å². The first-order chi connectivity index (χ1) is 5.31. The summed E-state index contributed by atoms with van der Waals surface area (Å²) in [6, 6.07) is 0. The van der Waals surface area contributed by atoms with Crippen LogP contribution in [0, 0.1) is 5.92 Å². The largest absolute Gasteiger partial charge is 0.332 e. The molecule has 0 aromatic rings. The summed E-state index contributed by atoms with van der Waals surface area (Å²) in [5, 5.41) is 0. The molecule has 0 aromatic heterocycles. The summed E-state index contributed by atoms with van der Waals surface area (Å²) in [5.41, 5.74) is 0. The summed E-state index contributed by atoms with van der Waals surface area (Å²) in [7, 11) is -4.13. The Bertz CT molecular complexity index is 194. The minimum Gasteiger partial charge on any atom is -0.324 e. The van der Waals surface area contributed by atoms with Crippen LogP contribution in [-0.2, 0) is 9.36 Å². The van der Waals surface area contributed by atoms with Gasteiger partial charge in [-0.25, -0.2) is 0 Å². The van der Waals surface area contributed by atoms with Gasteiger partial charge in [0, 0.05) is 6.42 Å². The van der Waals surface area contributed by atoms with Crippen molar-refractivity contribution in [3.05, 3.63) is 0 Å². The van der Waals surface area contributed by atoms with Gasteiger partial charge in [-0.1, -0.05) is 13.8 Å². The lowest BCUT2D eigenvalue weighted by Gasteiger charge is -2.04. The van der Waals surface area contributed by atoms with E-state index in [2.05, 4.69) is 0 Å². The summed E-state index contributed by atoms with van der Waals surface area (Å²) in [5.74, 6) is 0.0442. The molecular formula is C7H15O4P. The molecule has 0 aliphatic rings. The van der Waals surface area contributed by atoms with Gasteiger partial charge >= 0.3 is 7.60 Å². The Labute approximate surface area is 72.1 Å². The third-order valence-corrected chi connectivity index (χ3v) is 2.15. The zero-order valence-corrected chi connectivity index (χ0v) is 8.25. The summed E-state index contributed by atoms with van der Waals surface area (Å²) >= 11 is 0. The van der Waals surface area contributed by atoms with Crippen molar-refractivity contribution in [3.8, 4) is 0 Å². The predicted octanol–water partition coefficient (Wildman–Crippen LogP) is 1.17. The molecule has 0 radical (unpaired) electrons. The van der Waals surface area contributed by atoms with Crippen LogP contribution in [0.25, 0.3) is 0 Å². The van der Waals surface area contributed by atoms with Crippen molar-refractivity contribution in [1.29, 1.82) is 0 Å². The zero-order valence-electron chi connectivity index (χ0n) is 7.36. The van der Waals surface area contributed by atoms with Gasteiger partial charge in [-0.2, -0.15) is 0 Å². The van der Waals surface area contributed by atoms with Crippen molar-refractivity contribution in [3.63, 3.8) is 0 Å². The lowest BCUT2D eigenvalue weighted by Crippen LogP contribution is -2.06. The van der Waals surface area contributed by atoms with Crippen molar-refractivity contribution in [1.82, 2.24) is 0 Å². The van der Waals surface area contributed by atoms with Crippen LogP contribution in [0.5, 0.6) is 0 Å². The highest BCUT2D eigenvalue weighted by atomic mass is 31.2. The smallest absolute Gasteiger partial charge is 0.324 e. The van der Waals surface area contributed by atoms with Crippen molar-refractivity contribution >= 4 is 13.4 Å². The minimum absolute atomic E-state index is 0.267. The first-order valence-corrected chi connectivity index (χ1v) is 5.67. The van der Waals surface area contributed by atoms with E-state index < -0.39 is 13.8 Å². The van der Waals surface area contributed by atoms with E-state index in [1.165, 1.54) is 0 Å². The topological polar surface area (TPSA) is 74.6 Å². The van der Waals surface area contributed by atoms with Gasteiger partial charge in [-0.15, -0.1) is 0 Å². The molecule has 0 bridgehead atoms. The van der Waals surface area contributed by atoms with Gasteiger partial charge in [0.2, 0.25) is 0 Å². The molecule has 0 saturated heterocycles. The molecule has 0 rings (SSSR count). The molecule has 0 amide bonds. The number of Topliss-reactive ketones (excluding diaryl/α,β-unsaturated/α-hetero) is 1. The number of carbonyl (C=O) groups is 1. The van der Waals surface area contributed by atoms with E-state index in [0.717, 1.165) is 0 Å². The van der Waals surface area contributed by atoms with Crippen LogP contribution in [0.3, 0.4) is 0 Å². The molecule has 72 valence electrons. The lowest BCUT2D eigenvalue weighted by atomic mass is 10.1. The second-order valence-electron chi connectivity index (χ2n) is 3.29. The normalized spacial score (nSPS) is 12.1. The van der Waals surface area contributed by atoms with Gasteiger partial charge in [0.25, 0.3) is 0 Å². The fourth-order valence-electron chi connectivity index (χ4n) is 0.758. The molecule has 2 N–H and O–H groups in total. The molecule has 12 heavy (non-hydrogen) atoms. The Morgan fingerprint density at radius 3 is 2.25 bits per heavy atom. The highest BCUT2D eigenvalue weighted by Gasteiger charge is 2.18. The highest BCUT2D eigenvalue weighted by Crippen LogP contribution is 2.34. The Hall–Kier alpha value is -0.180. The van der Waals surface area contributed by atoms with Gasteiger partial charge in [0.15, 0.2) is 0 Å². The summed E-state index contributed by atoms with van der Waals surface area (Å²) in [4.78, 5) is 27.8. The molecule has 0 aromatic carbocycles. The van der Waals surface area contributed by atoms with E-state index in [0.29, 0.717) is 12.3 Å². The molecule has 0 unspecified atom stereocenters. The standard InChI is InChI=1S/C7H15O4P/c1-6(2)3-4-7(8)5-12(9,10)11/h6H,3-5H2,1-2H3,(H2,9,10,11). The average Bonchev–Trinajstić information content (AvgIpc) is 1.79.